The van der Waals surface area contributed by atoms with Crippen molar-refractivity contribution >= 4 is 51.1 Å². The highest BCUT2D eigenvalue weighted by Crippen LogP contribution is 2.38. The van der Waals surface area contributed by atoms with Gasteiger partial charge in [-0.15, -0.1) is 0 Å². The molecule has 7 nitrogen and oxygen atoms in total. The molecule has 216 valence electrons. The summed E-state index contributed by atoms with van der Waals surface area (Å²) in [4.78, 5) is 44.1. The second-order valence-electron chi connectivity index (χ2n) is 12.1. The van der Waals surface area contributed by atoms with Gasteiger partial charge in [0.25, 0.3) is 0 Å². The second kappa shape index (κ2) is 12.1. The van der Waals surface area contributed by atoms with Gasteiger partial charge in [0.1, 0.15) is 11.6 Å². The first-order chi connectivity index (χ1) is 18.8. The highest BCUT2D eigenvalue weighted by molar-refractivity contribution is 9.10. The van der Waals surface area contributed by atoms with Crippen molar-refractivity contribution in [2.45, 2.75) is 78.4 Å². The maximum Gasteiger partial charge on any atom is 0.410 e. The van der Waals surface area contributed by atoms with Gasteiger partial charge in [-0.1, -0.05) is 45.7 Å². The van der Waals surface area contributed by atoms with Crippen LogP contribution < -0.4 is 10.2 Å². The van der Waals surface area contributed by atoms with Crippen LogP contribution in [-0.2, 0) is 20.7 Å². The van der Waals surface area contributed by atoms with Crippen molar-refractivity contribution in [1.29, 1.82) is 0 Å². The van der Waals surface area contributed by atoms with Gasteiger partial charge in [-0.25, -0.2) is 4.79 Å². The molecule has 0 spiro atoms. The first-order valence-electron chi connectivity index (χ1n) is 13.9. The molecule has 40 heavy (non-hydrogen) atoms. The van der Waals surface area contributed by atoms with Crippen LogP contribution in [0.2, 0.25) is 5.02 Å². The average molecular weight is 633 g/mol. The quantitative estimate of drug-likeness (QED) is 0.403. The molecule has 2 heterocycles. The van der Waals surface area contributed by atoms with Crippen LogP contribution in [0.15, 0.2) is 40.9 Å². The first kappa shape index (κ1) is 30.4. The van der Waals surface area contributed by atoms with Crippen LogP contribution in [0.25, 0.3) is 0 Å². The second-order valence-corrected chi connectivity index (χ2v) is 13.4. The van der Waals surface area contributed by atoms with Gasteiger partial charge in [-0.2, -0.15) is 0 Å². The minimum atomic E-state index is -0.810. The molecule has 0 radical (unpaired) electrons. The first-order valence-corrected chi connectivity index (χ1v) is 15.1. The normalized spacial score (nSPS) is 19.4. The Balaban J connectivity index is 1.55. The lowest BCUT2D eigenvalue weighted by molar-refractivity contribution is -0.137. The highest BCUT2D eigenvalue weighted by atomic mass is 79.9. The number of hydrogen-bond acceptors (Lipinski definition) is 4. The predicted octanol–water partition coefficient (Wildman–Crippen LogP) is 6.59. The Bertz CT molecular complexity index is 1260. The fourth-order valence-electron chi connectivity index (χ4n) is 5.81. The minimum Gasteiger partial charge on any atom is -0.444 e. The molecule has 0 aliphatic carbocycles. The Morgan fingerprint density at radius 1 is 1.10 bits per heavy atom. The third-order valence-corrected chi connectivity index (χ3v) is 8.64. The number of piperidine rings is 2. The Hall–Kier alpha value is -2.58. The average Bonchev–Trinajstić information content (AvgIpc) is 2.86. The summed E-state index contributed by atoms with van der Waals surface area (Å²) >= 11 is 10.1. The number of nitrogens with one attached hydrogen (secondary N) is 1. The van der Waals surface area contributed by atoms with E-state index in [1.165, 1.54) is 0 Å². The fraction of sp³-hybridized carbons (Fsp3) is 0.516. The van der Waals surface area contributed by atoms with E-state index in [0.29, 0.717) is 50.3 Å². The summed E-state index contributed by atoms with van der Waals surface area (Å²) < 4.78 is 6.54. The molecule has 3 amide bonds. The van der Waals surface area contributed by atoms with E-state index >= 15 is 0 Å². The third-order valence-electron chi connectivity index (χ3n) is 7.81. The van der Waals surface area contributed by atoms with Crippen molar-refractivity contribution in [3.05, 3.63) is 62.6 Å². The molecule has 2 fully saturated rings. The number of hydrogen-bond donors (Lipinski definition) is 1. The number of carbonyl (C=O) groups is 3. The molecular formula is C31H39BrClN3O4. The number of nitrogens with zero attached hydrogens (tertiary/aromatic N) is 2. The maximum absolute atomic E-state index is 14.1. The summed E-state index contributed by atoms with van der Waals surface area (Å²) in [5.74, 6) is -0.257. The SMILES string of the molecule is Cc1cc(Br)cc(C)c1N1CCCC(NC(=O)C2(Cc3ccccc3Cl)CCN(C(=O)OC(C)(C)C)CC2)C1=O. The van der Waals surface area contributed by atoms with Gasteiger partial charge in [-0.3, -0.25) is 9.59 Å². The number of amides is 3. The van der Waals surface area contributed by atoms with E-state index in [-0.39, 0.29) is 17.9 Å². The summed E-state index contributed by atoms with van der Waals surface area (Å²) in [6.45, 7) is 10.9. The number of anilines is 1. The standard InChI is InChI=1S/C31H39BrClN3O4/c1-20-17-23(32)18-21(2)26(20)36-14-8-11-25(27(36)37)34-28(38)31(19-22-9-6-7-10-24(22)33)12-15-35(16-13-31)29(39)40-30(3,4)5/h6-7,9-10,17-18,25H,8,11-16,19H2,1-5H3,(H,34,38). The van der Waals surface area contributed by atoms with E-state index in [0.717, 1.165) is 33.3 Å². The molecule has 2 saturated heterocycles. The van der Waals surface area contributed by atoms with Gasteiger partial charge in [0.2, 0.25) is 11.8 Å². The van der Waals surface area contributed by atoms with Crippen LogP contribution in [0.4, 0.5) is 10.5 Å². The van der Waals surface area contributed by atoms with Gasteiger partial charge in [-0.05, 0) is 102 Å². The number of halogens is 2. The zero-order valence-corrected chi connectivity index (χ0v) is 26.3. The molecule has 2 aliphatic heterocycles. The fourth-order valence-corrected chi connectivity index (χ4v) is 6.69. The maximum atomic E-state index is 14.1. The van der Waals surface area contributed by atoms with Crippen molar-refractivity contribution in [3.8, 4) is 0 Å². The Labute approximate surface area is 250 Å². The lowest BCUT2D eigenvalue weighted by Gasteiger charge is -2.42. The summed E-state index contributed by atoms with van der Waals surface area (Å²) in [5.41, 5.74) is 2.40. The molecular weight excluding hydrogens is 594 g/mol. The summed E-state index contributed by atoms with van der Waals surface area (Å²) in [7, 11) is 0. The van der Waals surface area contributed by atoms with Crippen LogP contribution in [0.1, 0.15) is 63.1 Å². The number of aryl methyl sites for hydroxylation is 2. The van der Waals surface area contributed by atoms with Gasteiger partial charge in [0, 0.05) is 34.8 Å². The van der Waals surface area contributed by atoms with Crippen LogP contribution in [0, 0.1) is 19.3 Å². The molecule has 1 atom stereocenters. The van der Waals surface area contributed by atoms with E-state index < -0.39 is 17.1 Å². The van der Waals surface area contributed by atoms with Gasteiger partial charge < -0.3 is 19.9 Å². The summed E-state index contributed by atoms with van der Waals surface area (Å²) in [6.07, 6.45) is 2.31. The van der Waals surface area contributed by atoms with Crippen LogP contribution >= 0.6 is 27.5 Å². The number of ether oxygens (including phenoxy) is 1. The Morgan fingerprint density at radius 3 is 2.33 bits per heavy atom. The third kappa shape index (κ3) is 6.82. The molecule has 4 rings (SSSR count). The summed E-state index contributed by atoms with van der Waals surface area (Å²) in [5, 5.41) is 3.74. The molecule has 1 N–H and O–H groups in total. The highest BCUT2D eigenvalue weighted by Gasteiger charge is 2.45. The largest absolute Gasteiger partial charge is 0.444 e. The molecule has 2 aliphatic rings. The van der Waals surface area contributed by atoms with Crippen molar-refractivity contribution in [1.82, 2.24) is 10.2 Å². The topological polar surface area (TPSA) is 79.0 Å². The van der Waals surface area contributed by atoms with E-state index in [1.54, 1.807) is 4.90 Å². The molecule has 0 bridgehead atoms. The van der Waals surface area contributed by atoms with E-state index in [1.807, 2.05) is 75.9 Å². The smallest absolute Gasteiger partial charge is 0.410 e. The van der Waals surface area contributed by atoms with Crippen molar-refractivity contribution < 1.29 is 19.1 Å². The number of likely N-dealkylation sites (tertiary alicyclic amines) is 1. The Morgan fingerprint density at radius 2 is 1.73 bits per heavy atom. The van der Waals surface area contributed by atoms with Crippen molar-refractivity contribution in [2.24, 2.45) is 5.41 Å². The van der Waals surface area contributed by atoms with Crippen molar-refractivity contribution in [2.75, 3.05) is 24.5 Å². The molecule has 1 unspecified atom stereocenters. The zero-order valence-electron chi connectivity index (χ0n) is 24.0. The Kier molecular flexibility index (Phi) is 9.20. The van der Waals surface area contributed by atoms with Gasteiger partial charge >= 0.3 is 6.09 Å². The summed E-state index contributed by atoms with van der Waals surface area (Å²) in [6, 6.07) is 10.9. The van der Waals surface area contributed by atoms with Crippen molar-refractivity contribution in [3.63, 3.8) is 0 Å². The van der Waals surface area contributed by atoms with E-state index in [9.17, 15) is 14.4 Å². The lowest BCUT2D eigenvalue weighted by atomic mass is 9.72. The monoisotopic (exact) mass is 631 g/mol. The van der Waals surface area contributed by atoms with E-state index in [2.05, 4.69) is 21.2 Å². The lowest BCUT2D eigenvalue weighted by Crippen LogP contribution is -2.58. The molecule has 0 saturated carbocycles. The molecule has 2 aromatic rings. The minimum absolute atomic E-state index is 0.0905. The van der Waals surface area contributed by atoms with Crippen LogP contribution in [0.3, 0.4) is 0 Å². The number of rotatable bonds is 5. The molecule has 2 aromatic carbocycles. The van der Waals surface area contributed by atoms with Crippen LogP contribution in [-0.4, -0.2) is 54.1 Å². The number of carbonyl (C=O) groups excluding carboxylic acids is 3. The molecule has 9 heteroatoms. The molecule has 0 aromatic heterocycles. The predicted molar refractivity (Wildman–Crippen MR) is 162 cm³/mol. The zero-order chi connectivity index (χ0) is 29.2. The van der Waals surface area contributed by atoms with Gasteiger partial charge in [0.05, 0.1) is 5.41 Å². The van der Waals surface area contributed by atoms with Gasteiger partial charge in [0.15, 0.2) is 0 Å². The van der Waals surface area contributed by atoms with E-state index in [4.69, 9.17) is 16.3 Å². The number of benzene rings is 2. The van der Waals surface area contributed by atoms with Crippen LogP contribution in [0.5, 0.6) is 0 Å².